The smallest absolute Gasteiger partial charge is 0.241 e. The Balaban J connectivity index is 1.39. The Hall–Kier alpha value is -2.22. The molecule has 1 fully saturated rings. The number of nitrogens with one attached hydrogen (secondary N) is 1. The molecule has 1 saturated carbocycles. The largest absolute Gasteiger partial charge is 0.322 e. The summed E-state index contributed by atoms with van der Waals surface area (Å²) in [6.07, 6.45) is 10.1. The molecule has 24 heavy (non-hydrogen) atoms. The van der Waals surface area contributed by atoms with Crippen molar-refractivity contribution in [2.24, 2.45) is 11.7 Å². The topological polar surface area (TPSA) is 104 Å². The third kappa shape index (κ3) is 2.93. The molecule has 1 atom stereocenters. The molecule has 3 N–H and O–H groups in total. The van der Waals surface area contributed by atoms with Crippen LogP contribution >= 0.6 is 0 Å². The number of rotatable bonds is 5. The quantitative estimate of drug-likeness (QED) is 0.849. The molecule has 0 aromatic carbocycles. The molecular formula is C16H23N7O. The maximum Gasteiger partial charge on any atom is 0.241 e. The van der Waals surface area contributed by atoms with E-state index in [0.29, 0.717) is 18.2 Å². The highest BCUT2D eigenvalue weighted by molar-refractivity contribution is 5.94. The first-order chi connectivity index (χ1) is 11.7. The van der Waals surface area contributed by atoms with E-state index in [2.05, 4.69) is 25.2 Å². The molecule has 1 aliphatic carbocycles. The zero-order valence-corrected chi connectivity index (χ0v) is 13.7. The highest BCUT2D eigenvalue weighted by Gasteiger charge is 2.29. The van der Waals surface area contributed by atoms with Crippen LogP contribution in [0.25, 0.3) is 0 Å². The van der Waals surface area contributed by atoms with E-state index in [1.165, 1.54) is 12.8 Å². The molecule has 3 heterocycles. The van der Waals surface area contributed by atoms with Crippen molar-refractivity contribution in [2.45, 2.75) is 57.7 Å². The predicted octanol–water partition coefficient (Wildman–Crippen LogP) is 0.925. The Kier molecular flexibility index (Phi) is 4.05. The number of fused-ring (bicyclic) bond motifs is 1. The van der Waals surface area contributed by atoms with Crippen molar-refractivity contribution >= 4 is 11.6 Å². The lowest BCUT2D eigenvalue weighted by molar-refractivity contribution is -0.119. The minimum Gasteiger partial charge on any atom is -0.322 e. The summed E-state index contributed by atoms with van der Waals surface area (Å²) in [4.78, 5) is 12.2. The zero-order chi connectivity index (χ0) is 16.5. The van der Waals surface area contributed by atoms with Crippen LogP contribution in [0, 0.1) is 5.92 Å². The van der Waals surface area contributed by atoms with Crippen molar-refractivity contribution in [1.29, 1.82) is 0 Å². The van der Waals surface area contributed by atoms with Gasteiger partial charge in [-0.25, -0.2) is 0 Å². The molecule has 8 heteroatoms. The van der Waals surface area contributed by atoms with Crippen LogP contribution < -0.4 is 11.1 Å². The fourth-order valence-electron chi connectivity index (χ4n) is 3.38. The maximum atomic E-state index is 12.2. The molecule has 0 radical (unpaired) electrons. The van der Waals surface area contributed by atoms with E-state index in [1.807, 2.05) is 6.20 Å². The van der Waals surface area contributed by atoms with E-state index >= 15 is 0 Å². The van der Waals surface area contributed by atoms with Gasteiger partial charge in [0.2, 0.25) is 5.91 Å². The molecule has 2 aliphatic rings. The van der Waals surface area contributed by atoms with Crippen molar-refractivity contribution in [3.05, 3.63) is 24.0 Å². The van der Waals surface area contributed by atoms with E-state index in [1.54, 1.807) is 10.9 Å². The van der Waals surface area contributed by atoms with E-state index in [9.17, 15) is 4.79 Å². The van der Waals surface area contributed by atoms with Gasteiger partial charge in [0, 0.05) is 19.2 Å². The van der Waals surface area contributed by atoms with Gasteiger partial charge in [-0.1, -0.05) is 6.42 Å². The summed E-state index contributed by atoms with van der Waals surface area (Å²) in [6.45, 7) is 1.52. The average molecular weight is 329 g/mol. The number of nitrogens with zero attached hydrogens (tertiary/aromatic N) is 5. The second-order valence-electron chi connectivity index (χ2n) is 6.77. The summed E-state index contributed by atoms with van der Waals surface area (Å²) in [7, 11) is 0. The second kappa shape index (κ2) is 6.35. The molecule has 2 aromatic rings. The lowest BCUT2D eigenvalue weighted by Crippen LogP contribution is -2.44. The minimum absolute atomic E-state index is 0.126. The number of carbonyl (C=O) groups excluding carboxylic acids is 1. The highest BCUT2D eigenvalue weighted by Crippen LogP contribution is 2.29. The number of anilines is 1. The maximum absolute atomic E-state index is 12.2. The first kappa shape index (κ1) is 15.3. The van der Waals surface area contributed by atoms with E-state index in [0.717, 1.165) is 43.9 Å². The third-order valence-electron chi connectivity index (χ3n) is 5.10. The Morgan fingerprint density at radius 1 is 1.33 bits per heavy atom. The monoisotopic (exact) mass is 329 g/mol. The van der Waals surface area contributed by atoms with Gasteiger partial charge < -0.3 is 15.6 Å². The van der Waals surface area contributed by atoms with Crippen molar-refractivity contribution in [2.75, 3.05) is 5.32 Å². The number of amides is 1. The Morgan fingerprint density at radius 3 is 3.00 bits per heavy atom. The lowest BCUT2D eigenvalue weighted by atomic mass is 9.80. The summed E-state index contributed by atoms with van der Waals surface area (Å²) in [5.41, 5.74) is 6.68. The highest BCUT2D eigenvalue weighted by atomic mass is 16.2. The van der Waals surface area contributed by atoms with Crippen LogP contribution in [0.3, 0.4) is 0 Å². The van der Waals surface area contributed by atoms with E-state index in [-0.39, 0.29) is 5.91 Å². The van der Waals surface area contributed by atoms with Gasteiger partial charge >= 0.3 is 0 Å². The number of carbonyl (C=O) groups is 1. The van der Waals surface area contributed by atoms with Crippen molar-refractivity contribution in [3.8, 4) is 0 Å². The van der Waals surface area contributed by atoms with Gasteiger partial charge in [-0.2, -0.15) is 5.10 Å². The molecule has 1 amide bonds. The Labute approximate surface area is 140 Å². The van der Waals surface area contributed by atoms with Crippen LogP contribution in [0.1, 0.15) is 43.8 Å². The van der Waals surface area contributed by atoms with Gasteiger partial charge in [0.15, 0.2) is 5.82 Å². The van der Waals surface area contributed by atoms with E-state index in [4.69, 9.17) is 5.73 Å². The molecule has 1 aliphatic heterocycles. The number of hydrogen-bond acceptors (Lipinski definition) is 5. The third-order valence-corrected chi connectivity index (χ3v) is 5.10. The molecule has 2 aromatic heterocycles. The molecule has 8 nitrogen and oxygen atoms in total. The first-order valence-electron chi connectivity index (χ1n) is 8.70. The standard InChI is InChI=1S/C16H23N7O/c17-15(11-4-3-5-11)16(24)19-12-8-18-22(9-12)10-14-21-20-13-6-1-2-7-23(13)14/h8-9,11,15H,1-7,10,17H2,(H,19,24). The van der Waals surface area contributed by atoms with Crippen LogP contribution in [-0.4, -0.2) is 36.5 Å². The minimum atomic E-state index is -0.425. The van der Waals surface area contributed by atoms with Crippen molar-refractivity contribution in [3.63, 3.8) is 0 Å². The van der Waals surface area contributed by atoms with Gasteiger partial charge in [-0.15, -0.1) is 10.2 Å². The van der Waals surface area contributed by atoms with Crippen LogP contribution in [-0.2, 0) is 24.3 Å². The van der Waals surface area contributed by atoms with Crippen LogP contribution in [0.15, 0.2) is 12.4 Å². The molecule has 4 rings (SSSR count). The van der Waals surface area contributed by atoms with Gasteiger partial charge in [0.05, 0.1) is 17.9 Å². The second-order valence-corrected chi connectivity index (χ2v) is 6.77. The van der Waals surface area contributed by atoms with Crippen LogP contribution in [0.5, 0.6) is 0 Å². The molecule has 0 spiro atoms. The molecular weight excluding hydrogens is 306 g/mol. The Bertz CT molecular complexity index is 731. The summed E-state index contributed by atoms with van der Waals surface area (Å²) in [5.74, 6) is 2.17. The van der Waals surface area contributed by atoms with Gasteiger partial charge in [-0.3, -0.25) is 9.48 Å². The molecule has 0 saturated heterocycles. The SMILES string of the molecule is NC(C(=O)Nc1cnn(Cc2nnc3n2CCCC3)c1)C1CCC1. The zero-order valence-electron chi connectivity index (χ0n) is 13.7. The average Bonchev–Trinajstić information content (AvgIpc) is 3.13. The van der Waals surface area contributed by atoms with Gasteiger partial charge in [0.1, 0.15) is 12.4 Å². The van der Waals surface area contributed by atoms with Crippen LogP contribution in [0.4, 0.5) is 5.69 Å². The fourth-order valence-corrected chi connectivity index (χ4v) is 3.38. The van der Waals surface area contributed by atoms with Gasteiger partial charge in [0.25, 0.3) is 0 Å². The number of aryl methyl sites for hydroxylation is 1. The normalized spacial score (nSPS) is 18.7. The lowest BCUT2D eigenvalue weighted by Gasteiger charge is -2.29. The predicted molar refractivity (Wildman–Crippen MR) is 88.2 cm³/mol. The van der Waals surface area contributed by atoms with Crippen molar-refractivity contribution in [1.82, 2.24) is 24.5 Å². The summed E-state index contributed by atoms with van der Waals surface area (Å²) in [5, 5.41) is 15.7. The molecule has 128 valence electrons. The van der Waals surface area contributed by atoms with Crippen LogP contribution in [0.2, 0.25) is 0 Å². The summed E-state index contributed by atoms with van der Waals surface area (Å²) < 4.78 is 3.95. The summed E-state index contributed by atoms with van der Waals surface area (Å²) >= 11 is 0. The van der Waals surface area contributed by atoms with Crippen molar-refractivity contribution < 1.29 is 4.79 Å². The molecule has 1 unspecified atom stereocenters. The Morgan fingerprint density at radius 2 is 2.21 bits per heavy atom. The number of nitrogens with two attached hydrogens (primary N) is 1. The fraction of sp³-hybridized carbons (Fsp3) is 0.625. The summed E-state index contributed by atoms with van der Waals surface area (Å²) in [6, 6.07) is -0.425. The number of aromatic nitrogens is 5. The first-order valence-corrected chi connectivity index (χ1v) is 8.70. The number of hydrogen-bond donors (Lipinski definition) is 2. The molecule has 0 bridgehead atoms. The van der Waals surface area contributed by atoms with Gasteiger partial charge in [-0.05, 0) is 31.6 Å². The van der Waals surface area contributed by atoms with E-state index < -0.39 is 6.04 Å².